The van der Waals surface area contributed by atoms with Crippen LogP contribution in [0.3, 0.4) is 0 Å². The van der Waals surface area contributed by atoms with Crippen LogP contribution in [0.5, 0.6) is 0 Å². The number of hydrogen-bond donors (Lipinski definition) is 3. The molecule has 1 saturated heterocycles. The summed E-state index contributed by atoms with van der Waals surface area (Å²) < 4.78 is 0. The Bertz CT molecular complexity index is 300. The Labute approximate surface area is 101 Å². The van der Waals surface area contributed by atoms with Crippen LogP contribution in [0, 0.1) is 11.8 Å². The molecule has 0 aromatic heterocycles. The SMILES string of the molecule is O=C(NC1CCCC1C(=O)O)C1CCNCC1. The highest BCUT2D eigenvalue weighted by molar-refractivity contribution is 5.80. The Balaban J connectivity index is 1.86. The molecule has 17 heavy (non-hydrogen) atoms. The first-order chi connectivity index (χ1) is 8.18. The van der Waals surface area contributed by atoms with E-state index in [2.05, 4.69) is 10.6 Å². The van der Waals surface area contributed by atoms with Gasteiger partial charge in [-0.25, -0.2) is 0 Å². The minimum absolute atomic E-state index is 0.0460. The fourth-order valence-corrected chi connectivity index (χ4v) is 2.81. The molecule has 1 saturated carbocycles. The summed E-state index contributed by atoms with van der Waals surface area (Å²) in [5.41, 5.74) is 0. The molecule has 2 aliphatic rings. The number of piperidine rings is 1. The van der Waals surface area contributed by atoms with E-state index in [0.29, 0.717) is 6.42 Å². The fraction of sp³-hybridized carbons (Fsp3) is 0.833. The highest BCUT2D eigenvalue weighted by Gasteiger charge is 2.35. The zero-order valence-electron chi connectivity index (χ0n) is 9.95. The van der Waals surface area contributed by atoms with Gasteiger partial charge >= 0.3 is 5.97 Å². The van der Waals surface area contributed by atoms with E-state index in [0.717, 1.165) is 38.8 Å². The van der Waals surface area contributed by atoms with Crippen LogP contribution >= 0.6 is 0 Å². The Kier molecular flexibility index (Phi) is 3.99. The van der Waals surface area contributed by atoms with Gasteiger partial charge in [0.25, 0.3) is 0 Å². The van der Waals surface area contributed by atoms with Crippen LogP contribution in [0.15, 0.2) is 0 Å². The number of carbonyl (C=O) groups excluding carboxylic acids is 1. The third-order valence-corrected chi connectivity index (χ3v) is 3.87. The molecule has 0 radical (unpaired) electrons. The van der Waals surface area contributed by atoms with Crippen LogP contribution in [-0.2, 0) is 9.59 Å². The third-order valence-electron chi connectivity index (χ3n) is 3.87. The number of amides is 1. The van der Waals surface area contributed by atoms with Crippen LogP contribution < -0.4 is 10.6 Å². The second-order valence-corrected chi connectivity index (χ2v) is 5.01. The van der Waals surface area contributed by atoms with E-state index in [9.17, 15) is 9.59 Å². The molecule has 0 aromatic carbocycles. The smallest absolute Gasteiger partial charge is 0.308 e. The summed E-state index contributed by atoms with van der Waals surface area (Å²) in [7, 11) is 0. The van der Waals surface area contributed by atoms with Gasteiger partial charge in [0.2, 0.25) is 5.91 Å². The maximum absolute atomic E-state index is 12.0. The van der Waals surface area contributed by atoms with Crippen molar-refractivity contribution in [3.63, 3.8) is 0 Å². The van der Waals surface area contributed by atoms with E-state index in [4.69, 9.17) is 5.11 Å². The minimum Gasteiger partial charge on any atom is -0.481 e. The van der Waals surface area contributed by atoms with Gasteiger partial charge in [0, 0.05) is 12.0 Å². The van der Waals surface area contributed by atoms with Crippen molar-refractivity contribution in [3.05, 3.63) is 0 Å². The Hall–Kier alpha value is -1.10. The lowest BCUT2D eigenvalue weighted by atomic mass is 9.96. The molecule has 0 bridgehead atoms. The van der Waals surface area contributed by atoms with E-state index >= 15 is 0 Å². The Morgan fingerprint density at radius 3 is 2.47 bits per heavy atom. The molecular weight excluding hydrogens is 220 g/mol. The van der Waals surface area contributed by atoms with E-state index in [-0.39, 0.29) is 23.8 Å². The predicted octanol–water partition coefficient (Wildman–Crippen LogP) is 0.355. The van der Waals surface area contributed by atoms with Gasteiger partial charge in [0.05, 0.1) is 5.92 Å². The van der Waals surface area contributed by atoms with Gasteiger partial charge in [-0.05, 0) is 38.8 Å². The highest BCUT2D eigenvalue weighted by atomic mass is 16.4. The first-order valence-corrected chi connectivity index (χ1v) is 6.42. The van der Waals surface area contributed by atoms with E-state index in [1.54, 1.807) is 0 Å². The van der Waals surface area contributed by atoms with Crippen molar-refractivity contribution in [1.82, 2.24) is 10.6 Å². The number of carboxylic acids is 1. The molecule has 5 heteroatoms. The summed E-state index contributed by atoms with van der Waals surface area (Å²) in [6.07, 6.45) is 4.10. The first-order valence-electron chi connectivity index (χ1n) is 6.42. The van der Waals surface area contributed by atoms with Gasteiger partial charge < -0.3 is 15.7 Å². The second kappa shape index (κ2) is 5.49. The third kappa shape index (κ3) is 2.97. The molecule has 5 nitrogen and oxygen atoms in total. The summed E-state index contributed by atoms with van der Waals surface area (Å²) in [6.45, 7) is 1.76. The molecule has 0 spiro atoms. The Morgan fingerprint density at radius 2 is 1.82 bits per heavy atom. The summed E-state index contributed by atoms with van der Waals surface area (Å²) in [6, 6.07) is -0.158. The molecular formula is C12H20N2O3. The van der Waals surface area contributed by atoms with E-state index in [1.165, 1.54) is 0 Å². The predicted molar refractivity (Wildman–Crippen MR) is 62.5 cm³/mol. The van der Waals surface area contributed by atoms with Gasteiger partial charge in [-0.1, -0.05) is 6.42 Å². The maximum Gasteiger partial charge on any atom is 0.308 e. The summed E-state index contributed by atoms with van der Waals surface area (Å²) in [5.74, 6) is -1.06. The maximum atomic E-state index is 12.0. The summed E-state index contributed by atoms with van der Waals surface area (Å²) in [5, 5.41) is 15.2. The molecule has 96 valence electrons. The number of rotatable bonds is 3. The molecule has 2 rings (SSSR count). The molecule has 2 unspecified atom stereocenters. The molecule has 1 heterocycles. The molecule has 0 aromatic rings. The number of carbonyl (C=O) groups is 2. The Morgan fingerprint density at radius 1 is 1.12 bits per heavy atom. The molecule has 2 fully saturated rings. The zero-order valence-corrected chi connectivity index (χ0v) is 9.95. The van der Waals surface area contributed by atoms with Crippen molar-refractivity contribution in [2.24, 2.45) is 11.8 Å². The lowest BCUT2D eigenvalue weighted by Gasteiger charge is -2.25. The molecule has 3 N–H and O–H groups in total. The fourth-order valence-electron chi connectivity index (χ4n) is 2.81. The van der Waals surface area contributed by atoms with E-state index < -0.39 is 5.97 Å². The van der Waals surface area contributed by atoms with Crippen molar-refractivity contribution < 1.29 is 14.7 Å². The zero-order chi connectivity index (χ0) is 12.3. The number of hydrogen-bond acceptors (Lipinski definition) is 3. The van der Waals surface area contributed by atoms with Crippen molar-refractivity contribution in [3.8, 4) is 0 Å². The monoisotopic (exact) mass is 240 g/mol. The molecule has 1 amide bonds. The van der Waals surface area contributed by atoms with Crippen LogP contribution in [0.25, 0.3) is 0 Å². The molecule has 1 aliphatic carbocycles. The molecule has 2 atom stereocenters. The van der Waals surface area contributed by atoms with Crippen LogP contribution in [-0.4, -0.2) is 36.1 Å². The highest BCUT2D eigenvalue weighted by Crippen LogP contribution is 2.26. The van der Waals surface area contributed by atoms with Gasteiger partial charge in [0.15, 0.2) is 0 Å². The van der Waals surface area contributed by atoms with Crippen molar-refractivity contribution in [1.29, 1.82) is 0 Å². The topological polar surface area (TPSA) is 78.4 Å². The first kappa shape index (κ1) is 12.4. The second-order valence-electron chi connectivity index (χ2n) is 5.01. The number of carboxylic acid groups (broad SMARTS) is 1. The van der Waals surface area contributed by atoms with Crippen LogP contribution in [0.2, 0.25) is 0 Å². The largest absolute Gasteiger partial charge is 0.481 e. The van der Waals surface area contributed by atoms with Gasteiger partial charge in [-0.15, -0.1) is 0 Å². The van der Waals surface area contributed by atoms with Gasteiger partial charge in [-0.2, -0.15) is 0 Å². The lowest BCUT2D eigenvalue weighted by Crippen LogP contribution is -2.45. The quantitative estimate of drug-likeness (QED) is 0.665. The van der Waals surface area contributed by atoms with Gasteiger partial charge in [-0.3, -0.25) is 9.59 Å². The number of aliphatic carboxylic acids is 1. The normalized spacial score (nSPS) is 30.1. The average Bonchev–Trinajstić information content (AvgIpc) is 2.78. The van der Waals surface area contributed by atoms with Gasteiger partial charge in [0.1, 0.15) is 0 Å². The lowest BCUT2D eigenvalue weighted by molar-refractivity contribution is -0.142. The minimum atomic E-state index is -0.780. The molecule has 1 aliphatic heterocycles. The van der Waals surface area contributed by atoms with Crippen molar-refractivity contribution in [2.75, 3.05) is 13.1 Å². The average molecular weight is 240 g/mol. The summed E-state index contributed by atoms with van der Waals surface area (Å²) >= 11 is 0. The van der Waals surface area contributed by atoms with Crippen molar-refractivity contribution >= 4 is 11.9 Å². The standard InChI is InChI=1S/C12H20N2O3/c15-11(8-4-6-13-7-5-8)14-10-3-1-2-9(10)12(16)17/h8-10,13H,1-7H2,(H,14,15)(H,16,17). The van der Waals surface area contributed by atoms with Crippen LogP contribution in [0.1, 0.15) is 32.1 Å². The number of nitrogens with one attached hydrogen (secondary N) is 2. The summed E-state index contributed by atoms with van der Waals surface area (Å²) in [4.78, 5) is 23.0. The van der Waals surface area contributed by atoms with E-state index in [1.807, 2.05) is 0 Å². The van der Waals surface area contributed by atoms with Crippen molar-refractivity contribution in [2.45, 2.75) is 38.1 Å². The van der Waals surface area contributed by atoms with Crippen LogP contribution in [0.4, 0.5) is 0 Å².